The van der Waals surface area contributed by atoms with Crippen molar-refractivity contribution in [2.45, 2.75) is 19.1 Å². The molecule has 2 heterocycles. The first kappa shape index (κ1) is 19.4. The van der Waals surface area contributed by atoms with Crippen LogP contribution in [0.5, 0.6) is 5.75 Å². The largest absolute Gasteiger partial charge is 0.452 e. The van der Waals surface area contributed by atoms with Crippen LogP contribution in [-0.4, -0.2) is 36.1 Å². The maximum Gasteiger partial charge on any atom is 0.416 e. The molecule has 29 heavy (non-hydrogen) atoms. The van der Waals surface area contributed by atoms with Gasteiger partial charge in [0.2, 0.25) is 0 Å². The minimum absolute atomic E-state index is 0.123. The molecule has 2 aliphatic rings. The summed E-state index contributed by atoms with van der Waals surface area (Å²) in [4.78, 5) is 8.16. The molecule has 5 nitrogen and oxygen atoms in total. The van der Waals surface area contributed by atoms with Gasteiger partial charge in [-0.25, -0.2) is 0 Å². The van der Waals surface area contributed by atoms with E-state index in [2.05, 4.69) is 10.3 Å². The van der Waals surface area contributed by atoms with Crippen LogP contribution >= 0.6 is 11.6 Å². The Morgan fingerprint density at radius 3 is 2.69 bits per heavy atom. The van der Waals surface area contributed by atoms with Gasteiger partial charge in [0.25, 0.3) is 6.35 Å². The second kappa shape index (κ2) is 7.51. The summed E-state index contributed by atoms with van der Waals surface area (Å²) in [6, 6.07) is 12.2. The average Bonchev–Trinajstić information content (AvgIpc) is 3.02. The van der Waals surface area contributed by atoms with Crippen LogP contribution in [0.25, 0.3) is 0 Å². The zero-order valence-corrected chi connectivity index (χ0v) is 16.2. The second-order valence-electron chi connectivity index (χ2n) is 6.78. The number of ether oxygens (including phenoxy) is 1. The smallest absolute Gasteiger partial charge is 0.416 e. The lowest BCUT2D eigenvalue weighted by molar-refractivity contribution is -0.137. The van der Waals surface area contributed by atoms with E-state index in [4.69, 9.17) is 16.3 Å². The van der Waals surface area contributed by atoms with E-state index in [9.17, 15) is 13.2 Å². The number of benzene rings is 2. The van der Waals surface area contributed by atoms with Crippen molar-refractivity contribution in [2.75, 3.05) is 13.7 Å². The molecule has 1 unspecified atom stereocenters. The van der Waals surface area contributed by atoms with E-state index in [1.165, 1.54) is 12.1 Å². The lowest BCUT2D eigenvalue weighted by Gasteiger charge is -2.28. The maximum atomic E-state index is 13.0. The molecular weight excluding hydrogens is 405 g/mol. The summed E-state index contributed by atoms with van der Waals surface area (Å²) in [6.45, 7) is 0.948. The van der Waals surface area contributed by atoms with Crippen LogP contribution in [0, 0.1) is 0 Å². The molecule has 0 saturated carbocycles. The van der Waals surface area contributed by atoms with Crippen LogP contribution in [0.1, 0.15) is 11.1 Å². The summed E-state index contributed by atoms with van der Waals surface area (Å²) in [5, 5.41) is 3.87. The Kier molecular flexibility index (Phi) is 5.04. The zero-order chi connectivity index (χ0) is 20.6. The van der Waals surface area contributed by atoms with E-state index in [0.717, 1.165) is 29.2 Å². The molecule has 0 aliphatic carbocycles. The summed E-state index contributed by atoms with van der Waals surface area (Å²) in [5.41, 5.74) is 1.03. The molecule has 9 heteroatoms. The molecule has 2 aromatic rings. The first-order valence-electron chi connectivity index (χ1n) is 8.88. The Labute approximate surface area is 171 Å². The molecule has 0 spiro atoms. The molecule has 0 bridgehead atoms. The predicted octanol–water partition coefficient (Wildman–Crippen LogP) is 4.27. The van der Waals surface area contributed by atoms with Gasteiger partial charge in [-0.2, -0.15) is 13.2 Å². The van der Waals surface area contributed by atoms with Gasteiger partial charge >= 0.3 is 6.18 Å². The first-order chi connectivity index (χ1) is 13.8. The molecule has 2 aliphatic heterocycles. The van der Waals surface area contributed by atoms with Gasteiger partial charge < -0.3 is 19.9 Å². The van der Waals surface area contributed by atoms with Crippen molar-refractivity contribution in [3.8, 4) is 5.75 Å². The first-order valence-corrected chi connectivity index (χ1v) is 9.26. The van der Waals surface area contributed by atoms with Gasteiger partial charge in [-0.05, 0) is 35.9 Å². The van der Waals surface area contributed by atoms with E-state index in [1.54, 1.807) is 18.3 Å². The quantitative estimate of drug-likeness (QED) is 0.799. The number of halogens is 4. The Bertz CT molecular complexity index is 959. The highest BCUT2D eigenvalue weighted by Gasteiger charge is 2.36. The number of allylic oxidation sites excluding steroid dienone is 1. The fourth-order valence-electron chi connectivity index (χ4n) is 3.22. The minimum Gasteiger partial charge on any atom is -0.452 e. The highest BCUT2D eigenvalue weighted by molar-refractivity contribution is 6.30. The Morgan fingerprint density at radius 2 is 1.97 bits per heavy atom. The maximum absolute atomic E-state index is 13.0. The van der Waals surface area contributed by atoms with E-state index in [-0.39, 0.29) is 5.75 Å². The molecular formula is C20H18ClF3N4O. The van der Waals surface area contributed by atoms with Gasteiger partial charge in [-0.1, -0.05) is 29.8 Å². The normalized spacial score (nSPS) is 18.7. The van der Waals surface area contributed by atoms with E-state index in [1.807, 2.05) is 29.0 Å². The SMILES string of the molecule is CN1CN=CC2=C1NC(Oc1cccc(C(F)(F)F)c1)N2Cc1ccc(Cl)cc1. The average molecular weight is 423 g/mol. The van der Waals surface area contributed by atoms with Crippen molar-refractivity contribution in [1.82, 2.24) is 15.1 Å². The lowest BCUT2D eigenvalue weighted by Crippen LogP contribution is -2.42. The van der Waals surface area contributed by atoms with Gasteiger partial charge in [0.05, 0.1) is 11.8 Å². The zero-order valence-electron chi connectivity index (χ0n) is 15.4. The molecule has 0 saturated heterocycles. The van der Waals surface area contributed by atoms with Gasteiger partial charge in [-0.3, -0.25) is 4.99 Å². The van der Waals surface area contributed by atoms with E-state index < -0.39 is 18.1 Å². The van der Waals surface area contributed by atoms with Crippen molar-refractivity contribution >= 4 is 17.8 Å². The van der Waals surface area contributed by atoms with Crippen molar-refractivity contribution in [3.05, 3.63) is 76.2 Å². The Balaban J connectivity index is 1.61. The third kappa shape index (κ3) is 4.12. The number of nitrogens with one attached hydrogen (secondary N) is 1. The second-order valence-corrected chi connectivity index (χ2v) is 7.22. The monoisotopic (exact) mass is 422 g/mol. The van der Waals surface area contributed by atoms with Crippen LogP contribution < -0.4 is 10.1 Å². The third-order valence-electron chi connectivity index (χ3n) is 4.66. The molecule has 0 aromatic heterocycles. The minimum atomic E-state index is -4.43. The predicted molar refractivity (Wildman–Crippen MR) is 104 cm³/mol. The fourth-order valence-corrected chi connectivity index (χ4v) is 3.34. The number of hydrogen-bond donors (Lipinski definition) is 1. The highest BCUT2D eigenvalue weighted by atomic mass is 35.5. The summed E-state index contributed by atoms with van der Waals surface area (Å²) < 4.78 is 45.1. The standard InChI is InChI=1S/C20H18ClF3N4O/c1-27-12-25-10-17-18(27)26-19(28(17)11-13-5-7-15(21)8-6-13)29-16-4-2-3-14(9-16)20(22,23)24/h2-10,19,26H,11-12H2,1H3. The van der Waals surface area contributed by atoms with Gasteiger partial charge in [0, 0.05) is 18.6 Å². The van der Waals surface area contributed by atoms with Gasteiger partial charge in [0.15, 0.2) is 0 Å². The molecule has 0 amide bonds. The van der Waals surface area contributed by atoms with Crippen molar-refractivity contribution in [2.24, 2.45) is 4.99 Å². The van der Waals surface area contributed by atoms with Crippen molar-refractivity contribution < 1.29 is 17.9 Å². The molecule has 4 rings (SSSR count). The van der Waals surface area contributed by atoms with Crippen LogP contribution in [0.3, 0.4) is 0 Å². The number of hydrogen-bond acceptors (Lipinski definition) is 5. The number of nitrogens with zero attached hydrogens (tertiary/aromatic N) is 3. The highest BCUT2D eigenvalue weighted by Crippen LogP contribution is 2.33. The van der Waals surface area contributed by atoms with Crippen LogP contribution in [0.2, 0.25) is 5.02 Å². The third-order valence-corrected chi connectivity index (χ3v) is 4.91. The van der Waals surface area contributed by atoms with Gasteiger partial charge in [0.1, 0.15) is 23.9 Å². The summed E-state index contributed by atoms with van der Waals surface area (Å²) in [5.74, 6) is 0.934. The van der Waals surface area contributed by atoms with Crippen LogP contribution in [0.4, 0.5) is 13.2 Å². The van der Waals surface area contributed by atoms with Crippen molar-refractivity contribution in [3.63, 3.8) is 0 Å². The Hall–Kier alpha value is -2.87. The number of rotatable bonds is 4. The molecule has 0 fully saturated rings. The van der Waals surface area contributed by atoms with Crippen LogP contribution in [-0.2, 0) is 12.7 Å². The molecule has 1 N–H and O–H groups in total. The summed E-state index contributed by atoms with van der Waals surface area (Å²) >= 11 is 5.97. The molecule has 2 aromatic carbocycles. The lowest BCUT2D eigenvalue weighted by atomic mass is 10.2. The topological polar surface area (TPSA) is 40.1 Å². The summed E-state index contributed by atoms with van der Waals surface area (Å²) in [7, 11) is 1.88. The molecule has 0 radical (unpaired) electrons. The van der Waals surface area contributed by atoms with E-state index in [0.29, 0.717) is 18.2 Å². The fraction of sp³-hybridized carbons (Fsp3) is 0.250. The van der Waals surface area contributed by atoms with Gasteiger partial charge in [-0.15, -0.1) is 0 Å². The number of aliphatic imine (C=N–C) groups is 1. The molecule has 1 atom stereocenters. The number of alkyl halides is 3. The Morgan fingerprint density at radius 1 is 1.21 bits per heavy atom. The molecule has 152 valence electrons. The van der Waals surface area contributed by atoms with Crippen LogP contribution in [0.15, 0.2) is 65.0 Å². The van der Waals surface area contributed by atoms with Crippen molar-refractivity contribution in [1.29, 1.82) is 0 Å². The van der Waals surface area contributed by atoms with E-state index >= 15 is 0 Å². The summed E-state index contributed by atoms with van der Waals surface area (Å²) in [6.07, 6.45) is -3.38.